The molecule has 0 radical (unpaired) electrons. The van der Waals surface area contributed by atoms with Gasteiger partial charge in [0.25, 0.3) is 0 Å². The Kier molecular flexibility index (Phi) is 7.12. The highest BCUT2D eigenvalue weighted by atomic mass is 35.5. The average Bonchev–Trinajstić information content (AvgIpc) is 3.09. The highest BCUT2D eigenvalue weighted by molar-refractivity contribution is 7.99. The number of nitrogens with one attached hydrogen (secondary N) is 1. The molecule has 0 fully saturated rings. The SMILES string of the molecule is CNS(=O)(=O)CCCSc1nnc(Cc2ccccc2)n1-c1ccc(Cl)cc1. The lowest BCUT2D eigenvalue weighted by Crippen LogP contribution is -2.22. The van der Waals surface area contributed by atoms with Crippen LogP contribution in [0.1, 0.15) is 17.8 Å². The smallest absolute Gasteiger partial charge is 0.211 e. The van der Waals surface area contributed by atoms with Crippen LogP contribution in [0.15, 0.2) is 59.8 Å². The fourth-order valence-electron chi connectivity index (χ4n) is 2.65. The fourth-order valence-corrected chi connectivity index (χ4v) is 4.60. The first kappa shape index (κ1) is 20.9. The van der Waals surface area contributed by atoms with Crippen LogP contribution >= 0.6 is 23.4 Å². The lowest BCUT2D eigenvalue weighted by Gasteiger charge is -2.10. The number of hydrogen-bond acceptors (Lipinski definition) is 5. The minimum Gasteiger partial charge on any atom is -0.274 e. The van der Waals surface area contributed by atoms with Crippen LogP contribution in [0.2, 0.25) is 5.02 Å². The normalized spacial score (nSPS) is 11.6. The van der Waals surface area contributed by atoms with Crippen LogP contribution < -0.4 is 4.72 Å². The second-order valence-electron chi connectivity index (χ2n) is 6.10. The molecule has 0 unspecified atom stereocenters. The van der Waals surface area contributed by atoms with Crippen LogP contribution in [0.4, 0.5) is 0 Å². The molecule has 2 aromatic carbocycles. The maximum atomic E-state index is 11.6. The van der Waals surface area contributed by atoms with E-state index < -0.39 is 10.0 Å². The van der Waals surface area contributed by atoms with Gasteiger partial charge < -0.3 is 0 Å². The summed E-state index contributed by atoms with van der Waals surface area (Å²) in [6.45, 7) is 0. The van der Waals surface area contributed by atoms with Crippen LogP contribution in [0.3, 0.4) is 0 Å². The van der Waals surface area contributed by atoms with Crippen molar-refractivity contribution < 1.29 is 8.42 Å². The minimum atomic E-state index is -3.20. The maximum absolute atomic E-state index is 11.6. The number of nitrogens with zero attached hydrogens (tertiary/aromatic N) is 3. The summed E-state index contributed by atoms with van der Waals surface area (Å²) in [5.74, 6) is 1.53. The van der Waals surface area contributed by atoms with E-state index in [9.17, 15) is 8.42 Å². The molecule has 6 nitrogen and oxygen atoms in total. The van der Waals surface area contributed by atoms with Crippen LogP contribution in [-0.4, -0.2) is 41.7 Å². The maximum Gasteiger partial charge on any atom is 0.211 e. The number of aromatic nitrogens is 3. The molecular weight excluding hydrogens is 416 g/mol. The zero-order chi connectivity index (χ0) is 20.0. The van der Waals surface area contributed by atoms with Crippen molar-refractivity contribution in [1.82, 2.24) is 19.5 Å². The fraction of sp³-hybridized carbons (Fsp3) is 0.263. The Morgan fingerprint density at radius 1 is 1.07 bits per heavy atom. The molecule has 9 heteroatoms. The van der Waals surface area contributed by atoms with Crippen LogP contribution in [0, 0.1) is 0 Å². The third-order valence-corrected chi connectivity index (χ3v) is 6.81. The monoisotopic (exact) mass is 436 g/mol. The molecule has 0 aliphatic carbocycles. The van der Waals surface area contributed by atoms with Crippen molar-refractivity contribution in [3.05, 3.63) is 71.0 Å². The summed E-state index contributed by atoms with van der Waals surface area (Å²) < 4.78 is 27.5. The van der Waals surface area contributed by atoms with E-state index in [-0.39, 0.29) is 5.75 Å². The molecule has 0 aliphatic rings. The molecule has 0 atom stereocenters. The standard InChI is InChI=1S/C19H21ClN4O2S2/c1-21-28(25,26)13-5-12-27-19-23-22-18(14-15-6-3-2-4-7-15)24(19)17-10-8-16(20)9-11-17/h2-4,6-11,21H,5,12-14H2,1H3. The van der Waals surface area contributed by atoms with E-state index in [4.69, 9.17) is 11.6 Å². The second kappa shape index (κ2) is 9.56. The van der Waals surface area contributed by atoms with Crippen LogP contribution in [0.5, 0.6) is 0 Å². The summed E-state index contributed by atoms with van der Waals surface area (Å²) in [6.07, 6.45) is 1.17. The number of thioether (sulfide) groups is 1. The van der Waals surface area contributed by atoms with Crippen molar-refractivity contribution in [2.24, 2.45) is 0 Å². The Balaban J connectivity index is 1.82. The molecule has 3 rings (SSSR count). The van der Waals surface area contributed by atoms with E-state index in [0.717, 1.165) is 22.2 Å². The zero-order valence-corrected chi connectivity index (χ0v) is 17.8. The molecule has 0 spiro atoms. The van der Waals surface area contributed by atoms with Crippen molar-refractivity contribution in [2.45, 2.75) is 18.0 Å². The van der Waals surface area contributed by atoms with Crippen molar-refractivity contribution >= 4 is 33.4 Å². The van der Waals surface area contributed by atoms with Gasteiger partial charge in [-0.2, -0.15) is 0 Å². The number of rotatable bonds is 9. The van der Waals surface area contributed by atoms with Gasteiger partial charge in [0.15, 0.2) is 5.16 Å². The summed E-state index contributed by atoms with van der Waals surface area (Å²) in [5, 5.41) is 10.1. The first-order chi connectivity index (χ1) is 13.5. The molecule has 0 aliphatic heterocycles. The summed E-state index contributed by atoms with van der Waals surface area (Å²) in [4.78, 5) is 0. The van der Waals surface area contributed by atoms with E-state index in [2.05, 4.69) is 27.1 Å². The topological polar surface area (TPSA) is 76.9 Å². The predicted octanol–water partition coefficient (Wildman–Crippen LogP) is 3.54. The number of sulfonamides is 1. The van der Waals surface area contributed by atoms with Gasteiger partial charge >= 0.3 is 0 Å². The van der Waals surface area contributed by atoms with E-state index in [1.165, 1.54) is 18.8 Å². The number of halogens is 1. The molecule has 1 heterocycles. The van der Waals surface area contributed by atoms with Gasteiger partial charge in [-0.25, -0.2) is 13.1 Å². The van der Waals surface area contributed by atoms with Gasteiger partial charge in [-0.05, 0) is 43.3 Å². The largest absolute Gasteiger partial charge is 0.274 e. The highest BCUT2D eigenvalue weighted by Crippen LogP contribution is 2.25. The molecular formula is C19H21ClN4O2S2. The third-order valence-electron chi connectivity index (χ3n) is 4.09. The molecule has 28 heavy (non-hydrogen) atoms. The minimum absolute atomic E-state index is 0.0858. The molecule has 0 saturated heterocycles. The quantitative estimate of drug-likeness (QED) is 0.410. The van der Waals surface area contributed by atoms with Gasteiger partial charge in [-0.15, -0.1) is 10.2 Å². The van der Waals surface area contributed by atoms with E-state index in [0.29, 0.717) is 23.6 Å². The summed E-state index contributed by atoms with van der Waals surface area (Å²) in [7, 11) is -1.77. The van der Waals surface area contributed by atoms with Crippen molar-refractivity contribution in [2.75, 3.05) is 18.6 Å². The van der Waals surface area contributed by atoms with Gasteiger partial charge in [0, 0.05) is 22.9 Å². The Labute approximate surface area is 174 Å². The first-order valence-corrected chi connectivity index (χ1v) is 11.8. The van der Waals surface area contributed by atoms with E-state index in [1.54, 1.807) is 0 Å². The Morgan fingerprint density at radius 3 is 2.46 bits per heavy atom. The second-order valence-corrected chi connectivity index (χ2v) is 9.64. The Morgan fingerprint density at radius 2 is 1.79 bits per heavy atom. The van der Waals surface area contributed by atoms with Crippen LogP contribution in [-0.2, 0) is 16.4 Å². The predicted molar refractivity (Wildman–Crippen MR) is 114 cm³/mol. The van der Waals surface area contributed by atoms with Gasteiger partial charge in [0.1, 0.15) is 5.82 Å². The lowest BCUT2D eigenvalue weighted by molar-refractivity contribution is 0.587. The lowest BCUT2D eigenvalue weighted by atomic mass is 10.1. The van der Waals surface area contributed by atoms with Crippen molar-refractivity contribution in [1.29, 1.82) is 0 Å². The van der Waals surface area contributed by atoms with Gasteiger partial charge in [0.05, 0.1) is 5.75 Å². The summed E-state index contributed by atoms with van der Waals surface area (Å²) in [6, 6.07) is 17.6. The van der Waals surface area contributed by atoms with E-state index in [1.807, 2.05) is 47.0 Å². The first-order valence-electron chi connectivity index (χ1n) is 8.77. The summed E-state index contributed by atoms with van der Waals surface area (Å²) in [5.41, 5.74) is 2.06. The van der Waals surface area contributed by atoms with Gasteiger partial charge in [-0.1, -0.05) is 53.7 Å². The van der Waals surface area contributed by atoms with Gasteiger partial charge in [0.2, 0.25) is 10.0 Å². The Bertz CT molecular complexity index is 1010. The zero-order valence-electron chi connectivity index (χ0n) is 15.4. The molecule has 0 bridgehead atoms. The van der Waals surface area contributed by atoms with Crippen LogP contribution in [0.25, 0.3) is 5.69 Å². The van der Waals surface area contributed by atoms with Crippen molar-refractivity contribution in [3.8, 4) is 5.69 Å². The molecule has 148 valence electrons. The van der Waals surface area contributed by atoms with Crippen molar-refractivity contribution in [3.63, 3.8) is 0 Å². The number of benzene rings is 2. The molecule has 3 aromatic rings. The highest BCUT2D eigenvalue weighted by Gasteiger charge is 2.15. The molecule has 0 amide bonds. The molecule has 0 saturated carbocycles. The Hall–Kier alpha value is -1.87. The molecule has 1 aromatic heterocycles. The molecule has 1 N–H and O–H groups in total. The third kappa shape index (κ3) is 5.57. The average molecular weight is 437 g/mol. The van der Waals surface area contributed by atoms with E-state index >= 15 is 0 Å². The number of hydrogen-bond donors (Lipinski definition) is 1. The van der Waals surface area contributed by atoms with Gasteiger partial charge in [-0.3, -0.25) is 4.57 Å². The summed E-state index contributed by atoms with van der Waals surface area (Å²) >= 11 is 7.53.